The van der Waals surface area contributed by atoms with Crippen LogP contribution >= 0.6 is 35.0 Å². The van der Waals surface area contributed by atoms with E-state index in [1.165, 1.54) is 11.8 Å². The largest absolute Gasteiger partial charge is 0.325 e. The Morgan fingerprint density at radius 1 is 1.10 bits per heavy atom. The van der Waals surface area contributed by atoms with Crippen LogP contribution < -0.4 is 5.32 Å². The number of halogens is 2. The van der Waals surface area contributed by atoms with Gasteiger partial charge in [-0.2, -0.15) is 0 Å². The van der Waals surface area contributed by atoms with Gasteiger partial charge in [-0.25, -0.2) is 0 Å². The molecule has 1 atom stereocenters. The van der Waals surface area contributed by atoms with Crippen LogP contribution in [0, 0.1) is 6.92 Å². The fourth-order valence-electron chi connectivity index (χ4n) is 1.71. The highest BCUT2D eigenvalue weighted by atomic mass is 35.5. The molecule has 0 bridgehead atoms. The van der Waals surface area contributed by atoms with Crippen molar-refractivity contribution in [2.45, 2.75) is 24.0 Å². The number of thioether (sulfide) groups is 1. The molecule has 2 aromatic carbocycles. The summed E-state index contributed by atoms with van der Waals surface area (Å²) in [5.41, 5.74) is 1.93. The van der Waals surface area contributed by atoms with E-state index in [0.29, 0.717) is 10.0 Å². The van der Waals surface area contributed by atoms with Gasteiger partial charge in [-0.15, -0.1) is 11.8 Å². The molecular formula is C16H15Cl2NOS. The predicted molar refractivity (Wildman–Crippen MR) is 91.6 cm³/mol. The summed E-state index contributed by atoms with van der Waals surface area (Å²) < 4.78 is 0. The number of benzene rings is 2. The topological polar surface area (TPSA) is 29.1 Å². The first-order valence-electron chi connectivity index (χ1n) is 6.45. The van der Waals surface area contributed by atoms with Gasteiger partial charge in [0.1, 0.15) is 0 Å². The van der Waals surface area contributed by atoms with Crippen molar-refractivity contribution in [3.63, 3.8) is 0 Å². The van der Waals surface area contributed by atoms with E-state index in [0.717, 1.165) is 16.1 Å². The second kappa shape index (κ2) is 7.21. The molecule has 1 amide bonds. The first-order chi connectivity index (χ1) is 9.97. The quantitative estimate of drug-likeness (QED) is 0.753. The van der Waals surface area contributed by atoms with E-state index in [1.807, 2.05) is 38.1 Å². The first kappa shape index (κ1) is 16.2. The number of anilines is 1. The lowest BCUT2D eigenvalue weighted by Crippen LogP contribution is -2.22. The van der Waals surface area contributed by atoms with E-state index < -0.39 is 0 Å². The molecule has 5 heteroatoms. The average Bonchev–Trinajstić information content (AvgIpc) is 2.45. The van der Waals surface area contributed by atoms with Gasteiger partial charge in [0.05, 0.1) is 15.3 Å². The Kier molecular flexibility index (Phi) is 5.57. The minimum Gasteiger partial charge on any atom is -0.325 e. The van der Waals surface area contributed by atoms with Crippen LogP contribution in [0.2, 0.25) is 10.0 Å². The summed E-state index contributed by atoms with van der Waals surface area (Å²) in [6.45, 7) is 3.83. The second-order valence-electron chi connectivity index (χ2n) is 4.67. The molecule has 0 aliphatic heterocycles. The fraction of sp³-hybridized carbons (Fsp3) is 0.188. The Labute approximate surface area is 138 Å². The van der Waals surface area contributed by atoms with Crippen molar-refractivity contribution in [1.29, 1.82) is 0 Å². The number of carbonyl (C=O) groups is 1. The van der Waals surface area contributed by atoms with Crippen LogP contribution in [-0.2, 0) is 4.79 Å². The van der Waals surface area contributed by atoms with Gasteiger partial charge in [-0.05, 0) is 38.1 Å². The highest BCUT2D eigenvalue weighted by Crippen LogP contribution is 2.36. The standard InChI is InChI=1S/C16H15Cl2NOS/c1-10-6-8-12(9-7-10)19-16(20)11(2)21-15-13(17)4-3-5-14(15)18/h3-9,11H,1-2H3,(H,19,20)/t11-/m0/s1. The Bertz CT molecular complexity index is 623. The third kappa shape index (κ3) is 4.40. The minimum atomic E-state index is -0.302. The van der Waals surface area contributed by atoms with E-state index in [9.17, 15) is 4.79 Å². The minimum absolute atomic E-state index is 0.0835. The molecule has 0 heterocycles. The summed E-state index contributed by atoms with van der Waals surface area (Å²) in [5, 5.41) is 3.70. The molecule has 0 fully saturated rings. The maximum atomic E-state index is 12.2. The van der Waals surface area contributed by atoms with Crippen LogP contribution in [0.5, 0.6) is 0 Å². The summed E-state index contributed by atoms with van der Waals surface area (Å²) in [6, 6.07) is 13.0. The van der Waals surface area contributed by atoms with Gasteiger partial charge >= 0.3 is 0 Å². The Morgan fingerprint density at radius 3 is 2.24 bits per heavy atom. The van der Waals surface area contributed by atoms with E-state index in [-0.39, 0.29) is 11.2 Å². The van der Waals surface area contributed by atoms with Gasteiger partial charge in [0.2, 0.25) is 5.91 Å². The number of amides is 1. The zero-order valence-electron chi connectivity index (χ0n) is 11.7. The molecule has 0 spiro atoms. The predicted octanol–water partition coefficient (Wildman–Crippen LogP) is 5.42. The number of hydrogen-bond acceptors (Lipinski definition) is 2. The van der Waals surface area contributed by atoms with E-state index in [4.69, 9.17) is 23.2 Å². The van der Waals surface area contributed by atoms with Crippen LogP contribution in [0.3, 0.4) is 0 Å². The number of rotatable bonds is 4. The molecule has 110 valence electrons. The molecule has 2 rings (SSSR count). The normalized spacial score (nSPS) is 12.0. The van der Waals surface area contributed by atoms with Gasteiger partial charge in [-0.3, -0.25) is 4.79 Å². The Hall–Kier alpha value is -1.16. The van der Waals surface area contributed by atoms with E-state index in [2.05, 4.69) is 5.32 Å². The number of aryl methyl sites for hydroxylation is 1. The number of nitrogens with one attached hydrogen (secondary N) is 1. The third-order valence-electron chi connectivity index (χ3n) is 2.90. The summed E-state index contributed by atoms with van der Waals surface area (Å²) in [5.74, 6) is -0.0835. The van der Waals surface area contributed by atoms with Crippen molar-refractivity contribution in [2.24, 2.45) is 0 Å². The summed E-state index contributed by atoms with van der Waals surface area (Å²) in [6.07, 6.45) is 0. The molecule has 0 aliphatic carbocycles. The van der Waals surface area contributed by atoms with Gasteiger partial charge in [0.25, 0.3) is 0 Å². The lowest BCUT2D eigenvalue weighted by atomic mass is 10.2. The second-order valence-corrected chi connectivity index (χ2v) is 6.83. The van der Waals surface area contributed by atoms with Gasteiger partial charge in [0.15, 0.2) is 0 Å². The number of carbonyl (C=O) groups excluding carboxylic acids is 1. The summed E-state index contributed by atoms with van der Waals surface area (Å²) >= 11 is 13.6. The maximum Gasteiger partial charge on any atom is 0.237 e. The van der Waals surface area contributed by atoms with Crippen LogP contribution in [0.25, 0.3) is 0 Å². The van der Waals surface area contributed by atoms with Gasteiger partial charge in [-0.1, -0.05) is 47.0 Å². The molecule has 0 radical (unpaired) electrons. The fourth-order valence-corrected chi connectivity index (χ4v) is 3.25. The first-order valence-corrected chi connectivity index (χ1v) is 8.09. The van der Waals surface area contributed by atoms with Gasteiger partial charge in [0, 0.05) is 10.6 Å². The monoisotopic (exact) mass is 339 g/mol. The van der Waals surface area contributed by atoms with Crippen LogP contribution in [0.15, 0.2) is 47.4 Å². The molecule has 0 aromatic heterocycles. The van der Waals surface area contributed by atoms with Crippen LogP contribution in [0.1, 0.15) is 12.5 Å². The molecule has 0 unspecified atom stereocenters. The van der Waals surface area contributed by atoms with Crippen LogP contribution in [0.4, 0.5) is 5.69 Å². The molecule has 0 saturated heterocycles. The molecule has 0 aliphatic rings. The highest BCUT2D eigenvalue weighted by molar-refractivity contribution is 8.00. The van der Waals surface area contributed by atoms with E-state index in [1.54, 1.807) is 18.2 Å². The van der Waals surface area contributed by atoms with E-state index >= 15 is 0 Å². The molecule has 1 N–H and O–H groups in total. The molecule has 21 heavy (non-hydrogen) atoms. The summed E-state index contributed by atoms with van der Waals surface area (Å²) in [7, 11) is 0. The third-order valence-corrected chi connectivity index (χ3v) is 5.00. The smallest absolute Gasteiger partial charge is 0.237 e. The van der Waals surface area contributed by atoms with Crippen molar-refractivity contribution >= 4 is 46.6 Å². The van der Waals surface area contributed by atoms with Crippen molar-refractivity contribution < 1.29 is 4.79 Å². The molecular weight excluding hydrogens is 325 g/mol. The lowest BCUT2D eigenvalue weighted by molar-refractivity contribution is -0.115. The van der Waals surface area contributed by atoms with Crippen molar-refractivity contribution in [2.75, 3.05) is 5.32 Å². The SMILES string of the molecule is Cc1ccc(NC(=O)[C@H](C)Sc2c(Cl)cccc2Cl)cc1. The molecule has 0 saturated carbocycles. The maximum absolute atomic E-state index is 12.2. The van der Waals surface area contributed by atoms with Crippen LogP contribution in [-0.4, -0.2) is 11.2 Å². The zero-order valence-corrected chi connectivity index (χ0v) is 14.0. The van der Waals surface area contributed by atoms with Crippen molar-refractivity contribution in [3.05, 3.63) is 58.1 Å². The van der Waals surface area contributed by atoms with Crippen molar-refractivity contribution in [1.82, 2.24) is 0 Å². The zero-order chi connectivity index (χ0) is 15.4. The number of hydrogen-bond donors (Lipinski definition) is 1. The van der Waals surface area contributed by atoms with Crippen molar-refractivity contribution in [3.8, 4) is 0 Å². The Morgan fingerprint density at radius 2 is 1.67 bits per heavy atom. The highest BCUT2D eigenvalue weighted by Gasteiger charge is 2.17. The Balaban J connectivity index is 2.04. The molecule has 2 nitrogen and oxygen atoms in total. The van der Waals surface area contributed by atoms with Gasteiger partial charge < -0.3 is 5.32 Å². The lowest BCUT2D eigenvalue weighted by Gasteiger charge is -2.14. The molecule has 2 aromatic rings. The summed E-state index contributed by atoms with van der Waals surface area (Å²) in [4.78, 5) is 12.9. The average molecular weight is 340 g/mol.